The van der Waals surface area contributed by atoms with E-state index in [1.54, 1.807) is 0 Å². The van der Waals surface area contributed by atoms with Gasteiger partial charge >= 0.3 is 5.97 Å². The average molecular weight is 318 g/mol. The molecule has 0 aromatic heterocycles. The number of carbonyl (C=O) groups is 1. The fourth-order valence-electron chi connectivity index (χ4n) is 1.58. The molecule has 0 fully saturated rings. The Kier molecular flexibility index (Phi) is 5.35. The highest BCUT2D eigenvalue weighted by Crippen LogP contribution is 2.20. The van der Waals surface area contributed by atoms with E-state index in [1.165, 1.54) is 6.92 Å². The van der Waals surface area contributed by atoms with Crippen molar-refractivity contribution < 1.29 is 28.3 Å². The molecule has 0 bridgehead atoms. The molecule has 0 aliphatic carbocycles. The van der Waals surface area contributed by atoms with Crippen LogP contribution in [0.15, 0.2) is 23.1 Å². The molecule has 1 aromatic rings. The summed E-state index contributed by atoms with van der Waals surface area (Å²) in [5, 5.41) is 28.1. The predicted molar refractivity (Wildman–Crippen MR) is 71.3 cm³/mol. The van der Waals surface area contributed by atoms with Crippen molar-refractivity contribution in [2.24, 2.45) is 0 Å². The van der Waals surface area contributed by atoms with Gasteiger partial charge in [0.25, 0.3) is 5.69 Å². The summed E-state index contributed by atoms with van der Waals surface area (Å²) in [6.07, 6.45) is -1.95. The summed E-state index contributed by atoms with van der Waals surface area (Å²) < 4.78 is 26.1. The molecule has 10 heteroatoms. The minimum atomic E-state index is -3.93. The topological polar surface area (TPSA) is 147 Å². The van der Waals surface area contributed by atoms with Crippen LogP contribution in [0.5, 0.6) is 0 Å². The second kappa shape index (κ2) is 6.61. The maximum Gasteiger partial charge on any atom is 0.332 e. The highest BCUT2D eigenvalue weighted by Gasteiger charge is 2.20. The summed E-state index contributed by atoms with van der Waals surface area (Å²) in [5.41, 5.74) is -0.0387. The number of rotatable bonds is 7. The Morgan fingerprint density at radius 1 is 1.48 bits per heavy atom. The van der Waals surface area contributed by atoms with Crippen molar-refractivity contribution in [1.82, 2.24) is 4.72 Å². The van der Waals surface area contributed by atoms with E-state index in [0.29, 0.717) is 0 Å². The number of aliphatic hydroxyl groups excluding tert-OH is 1. The van der Waals surface area contributed by atoms with Gasteiger partial charge in [0.2, 0.25) is 10.0 Å². The van der Waals surface area contributed by atoms with Gasteiger partial charge in [-0.25, -0.2) is 17.9 Å². The summed E-state index contributed by atoms with van der Waals surface area (Å²) in [6, 6.07) is 3.29. The van der Waals surface area contributed by atoms with Gasteiger partial charge in [-0.3, -0.25) is 10.1 Å². The number of carboxylic acid groups (broad SMARTS) is 1. The molecule has 0 radical (unpaired) electrons. The van der Waals surface area contributed by atoms with Crippen molar-refractivity contribution in [2.75, 3.05) is 6.54 Å². The molecule has 0 saturated heterocycles. The van der Waals surface area contributed by atoms with Crippen molar-refractivity contribution in [3.8, 4) is 0 Å². The third-order valence-corrected chi connectivity index (χ3v) is 4.28. The number of hydrogen-bond acceptors (Lipinski definition) is 6. The molecule has 9 nitrogen and oxygen atoms in total. The Morgan fingerprint density at radius 3 is 2.57 bits per heavy atom. The molecule has 0 aliphatic rings. The largest absolute Gasteiger partial charge is 0.479 e. The first-order valence-corrected chi connectivity index (χ1v) is 7.29. The normalized spacial score (nSPS) is 12.9. The van der Waals surface area contributed by atoms with E-state index in [-0.39, 0.29) is 29.1 Å². The van der Waals surface area contributed by atoms with E-state index >= 15 is 0 Å². The minimum absolute atomic E-state index is 0.141. The van der Waals surface area contributed by atoms with Gasteiger partial charge in [-0.2, -0.15) is 0 Å². The number of nitrogens with one attached hydrogen (secondary N) is 1. The van der Waals surface area contributed by atoms with Crippen LogP contribution in [-0.2, 0) is 14.8 Å². The zero-order chi connectivity index (χ0) is 16.2. The SMILES string of the molecule is Cc1cc([N+](=O)[O-])ccc1S(=O)(=O)NCCC(O)C(=O)O. The van der Waals surface area contributed by atoms with Crippen LogP contribution in [0.25, 0.3) is 0 Å². The summed E-state index contributed by atoms with van der Waals surface area (Å²) in [7, 11) is -3.93. The average Bonchev–Trinajstić information content (AvgIpc) is 2.37. The highest BCUT2D eigenvalue weighted by atomic mass is 32.2. The molecular formula is C11H14N2O7S. The van der Waals surface area contributed by atoms with Gasteiger partial charge in [-0.15, -0.1) is 0 Å². The lowest BCUT2D eigenvalue weighted by Gasteiger charge is -2.10. The molecule has 0 aliphatic heterocycles. The Hall–Kier alpha value is -2.04. The zero-order valence-electron chi connectivity index (χ0n) is 11.0. The second-order valence-electron chi connectivity index (χ2n) is 4.25. The van der Waals surface area contributed by atoms with Gasteiger partial charge in [0.1, 0.15) is 0 Å². The molecule has 1 aromatic carbocycles. The van der Waals surface area contributed by atoms with E-state index in [4.69, 9.17) is 10.2 Å². The molecule has 1 unspecified atom stereocenters. The van der Waals surface area contributed by atoms with E-state index in [0.717, 1.165) is 18.2 Å². The molecular weight excluding hydrogens is 304 g/mol. The molecule has 1 atom stereocenters. The first-order chi connectivity index (χ1) is 9.65. The van der Waals surface area contributed by atoms with Crippen LogP contribution in [0, 0.1) is 17.0 Å². The Bertz CT molecular complexity index is 657. The fourth-order valence-corrected chi connectivity index (χ4v) is 2.85. The summed E-state index contributed by atoms with van der Waals surface area (Å²) in [6.45, 7) is 1.14. The van der Waals surface area contributed by atoms with E-state index in [1.807, 2.05) is 0 Å². The number of carboxylic acids is 1. The first-order valence-electron chi connectivity index (χ1n) is 5.80. The molecule has 3 N–H and O–H groups in total. The van der Waals surface area contributed by atoms with Crippen molar-refractivity contribution in [3.63, 3.8) is 0 Å². The second-order valence-corrected chi connectivity index (χ2v) is 5.98. The van der Waals surface area contributed by atoms with Gasteiger partial charge in [0.15, 0.2) is 6.10 Å². The number of aryl methyl sites for hydroxylation is 1. The van der Waals surface area contributed by atoms with Crippen molar-refractivity contribution in [3.05, 3.63) is 33.9 Å². The number of aliphatic hydroxyl groups is 1. The van der Waals surface area contributed by atoms with E-state index in [2.05, 4.69) is 4.72 Å². The van der Waals surface area contributed by atoms with Crippen LogP contribution in [0.1, 0.15) is 12.0 Å². The highest BCUT2D eigenvalue weighted by molar-refractivity contribution is 7.89. The monoisotopic (exact) mass is 318 g/mol. The molecule has 116 valence electrons. The van der Waals surface area contributed by atoms with Crippen LogP contribution in [-0.4, -0.2) is 42.2 Å². The quantitative estimate of drug-likeness (QED) is 0.474. The minimum Gasteiger partial charge on any atom is -0.479 e. The molecule has 0 amide bonds. The number of hydrogen-bond donors (Lipinski definition) is 3. The predicted octanol–water partition coefficient (Wildman–Crippen LogP) is 0.0171. The van der Waals surface area contributed by atoms with Crippen molar-refractivity contribution in [1.29, 1.82) is 0 Å². The Labute approximate surface area is 120 Å². The number of nitrogens with zero attached hydrogens (tertiary/aromatic N) is 1. The summed E-state index contributed by atoms with van der Waals surface area (Å²) in [4.78, 5) is 20.2. The van der Waals surface area contributed by atoms with Crippen LogP contribution in [0.3, 0.4) is 0 Å². The van der Waals surface area contributed by atoms with E-state index < -0.39 is 27.0 Å². The van der Waals surface area contributed by atoms with Crippen LogP contribution < -0.4 is 4.72 Å². The lowest BCUT2D eigenvalue weighted by molar-refractivity contribution is -0.385. The number of nitro groups is 1. The van der Waals surface area contributed by atoms with Crippen LogP contribution in [0.2, 0.25) is 0 Å². The molecule has 21 heavy (non-hydrogen) atoms. The van der Waals surface area contributed by atoms with Gasteiger partial charge in [0, 0.05) is 18.7 Å². The molecule has 0 saturated carbocycles. The number of nitro benzene ring substituents is 1. The lowest BCUT2D eigenvalue weighted by atomic mass is 10.2. The van der Waals surface area contributed by atoms with E-state index in [9.17, 15) is 23.3 Å². The zero-order valence-corrected chi connectivity index (χ0v) is 11.8. The smallest absolute Gasteiger partial charge is 0.332 e. The number of benzene rings is 1. The van der Waals surface area contributed by atoms with Crippen LogP contribution >= 0.6 is 0 Å². The number of aliphatic carboxylic acids is 1. The summed E-state index contributed by atoms with van der Waals surface area (Å²) >= 11 is 0. The summed E-state index contributed by atoms with van der Waals surface area (Å²) in [5.74, 6) is -1.44. The fraction of sp³-hybridized carbons (Fsp3) is 0.364. The van der Waals surface area contributed by atoms with Crippen LogP contribution in [0.4, 0.5) is 5.69 Å². The van der Waals surface area contributed by atoms with Gasteiger partial charge in [0.05, 0.1) is 9.82 Å². The van der Waals surface area contributed by atoms with Gasteiger partial charge in [-0.1, -0.05) is 0 Å². The van der Waals surface area contributed by atoms with Gasteiger partial charge < -0.3 is 10.2 Å². The van der Waals surface area contributed by atoms with Crippen molar-refractivity contribution in [2.45, 2.75) is 24.3 Å². The standard InChI is InChI=1S/C11H14N2O7S/c1-7-6-8(13(17)18)2-3-10(7)21(19,20)12-5-4-9(14)11(15)16/h2-3,6,9,12,14H,4-5H2,1H3,(H,15,16). The lowest BCUT2D eigenvalue weighted by Crippen LogP contribution is -2.30. The van der Waals surface area contributed by atoms with Gasteiger partial charge in [-0.05, 0) is 25.0 Å². The number of non-ortho nitro benzene ring substituents is 1. The maximum absolute atomic E-state index is 12.0. The maximum atomic E-state index is 12.0. The molecule has 0 spiro atoms. The van der Waals surface area contributed by atoms with Crippen molar-refractivity contribution >= 4 is 21.7 Å². The third kappa shape index (κ3) is 4.48. The number of sulfonamides is 1. The molecule has 1 rings (SSSR count). The Balaban J connectivity index is 2.84. The molecule has 0 heterocycles. The first kappa shape index (κ1) is 17.0. The Morgan fingerprint density at radius 2 is 2.10 bits per heavy atom. The third-order valence-electron chi connectivity index (χ3n) is 2.65.